The molecular formula is C15H19IN2O2S. The van der Waals surface area contributed by atoms with Crippen molar-refractivity contribution in [1.29, 1.82) is 0 Å². The van der Waals surface area contributed by atoms with Crippen LogP contribution in [0.2, 0.25) is 0 Å². The molecule has 0 aromatic heterocycles. The maximum absolute atomic E-state index is 12.3. The van der Waals surface area contributed by atoms with Crippen LogP contribution in [0.15, 0.2) is 18.2 Å². The average molecular weight is 418 g/mol. The zero-order valence-corrected chi connectivity index (χ0v) is 15.0. The molecule has 0 radical (unpaired) electrons. The highest BCUT2D eigenvalue weighted by Gasteiger charge is 2.16. The average Bonchev–Trinajstić information content (AvgIpc) is 2.76. The quantitative estimate of drug-likeness (QED) is 0.592. The standard InChI is InChI=1S/C15H19IN2O2S/c1-20-13-7-6-11(10-12(13)16)14(19)17-15(21)18-8-4-2-3-5-9-18/h6-7,10H,2-5,8-9H2,1H3,(H,17,19,21). The third kappa shape index (κ3) is 4.54. The molecule has 1 aromatic carbocycles. The van der Waals surface area contributed by atoms with Gasteiger partial charge in [-0.05, 0) is 65.8 Å². The molecule has 0 spiro atoms. The second-order valence-corrected chi connectivity index (χ2v) is 6.56. The SMILES string of the molecule is COc1ccc(C(=O)NC(=S)N2CCCCCC2)cc1I. The second-order valence-electron chi connectivity index (χ2n) is 5.01. The molecule has 1 N–H and O–H groups in total. The number of rotatable bonds is 2. The number of ether oxygens (including phenoxy) is 1. The number of nitrogens with one attached hydrogen (secondary N) is 1. The van der Waals surface area contributed by atoms with Gasteiger partial charge in [0.1, 0.15) is 5.75 Å². The van der Waals surface area contributed by atoms with Crippen LogP contribution < -0.4 is 10.1 Å². The van der Waals surface area contributed by atoms with Gasteiger partial charge in [0, 0.05) is 18.7 Å². The van der Waals surface area contributed by atoms with Gasteiger partial charge in [-0.15, -0.1) is 0 Å². The van der Waals surface area contributed by atoms with Gasteiger partial charge in [-0.2, -0.15) is 0 Å². The molecule has 1 heterocycles. The molecule has 1 aliphatic rings. The lowest BCUT2D eigenvalue weighted by Gasteiger charge is -2.23. The van der Waals surface area contributed by atoms with E-state index in [1.165, 1.54) is 12.8 Å². The molecule has 0 atom stereocenters. The van der Waals surface area contributed by atoms with E-state index in [4.69, 9.17) is 17.0 Å². The van der Waals surface area contributed by atoms with Crippen molar-refractivity contribution in [3.05, 3.63) is 27.3 Å². The zero-order valence-electron chi connectivity index (χ0n) is 12.0. The van der Waals surface area contributed by atoms with Crippen LogP contribution in [0.4, 0.5) is 0 Å². The number of hydrogen-bond donors (Lipinski definition) is 1. The van der Waals surface area contributed by atoms with Gasteiger partial charge in [0.2, 0.25) is 0 Å². The molecule has 114 valence electrons. The highest BCUT2D eigenvalue weighted by molar-refractivity contribution is 14.1. The number of methoxy groups -OCH3 is 1. The number of carbonyl (C=O) groups is 1. The molecule has 4 nitrogen and oxygen atoms in total. The summed E-state index contributed by atoms with van der Waals surface area (Å²) >= 11 is 7.51. The van der Waals surface area contributed by atoms with E-state index in [1.54, 1.807) is 25.3 Å². The summed E-state index contributed by atoms with van der Waals surface area (Å²) in [5.41, 5.74) is 0.595. The van der Waals surface area contributed by atoms with Crippen LogP contribution in [0, 0.1) is 3.57 Å². The molecule has 6 heteroatoms. The number of thiocarbonyl (C=S) groups is 1. The molecular weight excluding hydrogens is 399 g/mol. The minimum absolute atomic E-state index is 0.162. The minimum atomic E-state index is -0.162. The van der Waals surface area contributed by atoms with Crippen LogP contribution in [-0.2, 0) is 0 Å². The molecule has 1 aromatic rings. The summed E-state index contributed by atoms with van der Waals surface area (Å²) in [4.78, 5) is 14.4. The molecule has 1 aliphatic heterocycles. The topological polar surface area (TPSA) is 41.6 Å². The van der Waals surface area contributed by atoms with E-state index in [2.05, 4.69) is 32.8 Å². The van der Waals surface area contributed by atoms with Crippen molar-refractivity contribution < 1.29 is 9.53 Å². The number of nitrogens with zero attached hydrogens (tertiary/aromatic N) is 1. The Kier molecular flexibility index (Phi) is 6.22. The number of benzene rings is 1. The van der Waals surface area contributed by atoms with Crippen LogP contribution in [0.3, 0.4) is 0 Å². The van der Waals surface area contributed by atoms with E-state index in [0.717, 1.165) is 35.3 Å². The Labute approximate surface area is 144 Å². The van der Waals surface area contributed by atoms with E-state index >= 15 is 0 Å². The Bertz CT molecular complexity index is 528. The maximum atomic E-state index is 12.3. The van der Waals surface area contributed by atoms with Gasteiger partial charge >= 0.3 is 0 Å². The molecule has 1 saturated heterocycles. The van der Waals surface area contributed by atoms with Crippen molar-refractivity contribution in [2.24, 2.45) is 0 Å². The van der Waals surface area contributed by atoms with E-state index in [-0.39, 0.29) is 5.91 Å². The molecule has 21 heavy (non-hydrogen) atoms. The van der Waals surface area contributed by atoms with Crippen molar-refractivity contribution in [3.8, 4) is 5.75 Å². The van der Waals surface area contributed by atoms with Gasteiger partial charge in [0.15, 0.2) is 5.11 Å². The lowest BCUT2D eigenvalue weighted by molar-refractivity contribution is 0.0973. The highest BCUT2D eigenvalue weighted by Crippen LogP contribution is 2.21. The van der Waals surface area contributed by atoms with Crippen molar-refractivity contribution >= 4 is 45.8 Å². The van der Waals surface area contributed by atoms with Gasteiger partial charge in [0.25, 0.3) is 5.91 Å². The minimum Gasteiger partial charge on any atom is -0.496 e. The smallest absolute Gasteiger partial charge is 0.257 e. The van der Waals surface area contributed by atoms with E-state index in [0.29, 0.717) is 10.7 Å². The summed E-state index contributed by atoms with van der Waals surface area (Å²) in [5, 5.41) is 3.37. The molecule has 0 unspecified atom stereocenters. The fourth-order valence-electron chi connectivity index (χ4n) is 2.33. The number of amides is 1. The van der Waals surface area contributed by atoms with Crippen LogP contribution in [0.5, 0.6) is 5.75 Å². The number of likely N-dealkylation sites (tertiary alicyclic amines) is 1. The normalized spacial score (nSPS) is 15.2. The number of hydrogen-bond acceptors (Lipinski definition) is 3. The maximum Gasteiger partial charge on any atom is 0.257 e. The summed E-state index contributed by atoms with van der Waals surface area (Å²) in [7, 11) is 1.62. The highest BCUT2D eigenvalue weighted by atomic mass is 127. The molecule has 0 bridgehead atoms. The van der Waals surface area contributed by atoms with E-state index < -0.39 is 0 Å². The van der Waals surface area contributed by atoms with E-state index in [1.807, 2.05) is 0 Å². The first-order chi connectivity index (χ1) is 10.1. The third-order valence-corrected chi connectivity index (χ3v) is 4.73. The summed E-state index contributed by atoms with van der Waals surface area (Å²) in [5.74, 6) is 0.604. The molecule has 1 amide bonds. The first-order valence-electron chi connectivity index (χ1n) is 7.05. The Hall–Kier alpha value is -0.890. The summed E-state index contributed by atoms with van der Waals surface area (Å²) in [6, 6.07) is 5.35. The van der Waals surface area contributed by atoms with Crippen molar-refractivity contribution in [1.82, 2.24) is 10.2 Å². The van der Waals surface area contributed by atoms with E-state index in [9.17, 15) is 4.79 Å². The first kappa shape index (κ1) is 16.5. The molecule has 2 rings (SSSR count). The largest absolute Gasteiger partial charge is 0.496 e. The first-order valence-corrected chi connectivity index (χ1v) is 8.54. The van der Waals surface area contributed by atoms with Crippen LogP contribution in [-0.4, -0.2) is 36.1 Å². The lowest BCUT2D eigenvalue weighted by Crippen LogP contribution is -2.43. The summed E-state index contributed by atoms with van der Waals surface area (Å²) in [6.07, 6.45) is 4.75. The molecule has 0 saturated carbocycles. The van der Waals surface area contributed by atoms with Crippen molar-refractivity contribution in [2.45, 2.75) is 25.7 Å². The van der Waals surface area contributed by atoms with Crippen LogP contribution in [0.1, 0.15) is 36.0 Å². The molecule has 0 aliphatic carbocycles. The lowest BCUT2D eigenvalue weighted by atomic mass is 10.2. The van der Waals surface area contributed by atoms with Crippen molar-refractivity contribution in [2.75, 3.05) is 20.2 Å². The monoisotopic (exact) mass is 418 g/mol. The van der Waals surface area contributed by atoms with Gasteiger partial charge in [-0.1, -0.05) is 12.8 Å². The number of halogens is 1. The number of carbonyl (C=O) groups excluding carboxylic acids is 1. The fourth-order valence-corrected chi connectivity index (χ4v) is 3.34. The van der Waals surface area contributed by atoms with Crippen molar-refractivity contribution in [3.63, 3.8) is 0 Å². The second kappa shape index (κ2) is 7.93. The summed E-state index contributed by atoms with van der Waals surface area (Å²) < 4.78 is 6.10. The van der Waals surface area contributed by atoms with Gasteiger partial charge < -0.3 is 9.64 Å². The van der Waals surface area contributed by atoms with Gasteiger partial charge in [-0.25, -0.2) is 0 Å². The fraction of sp³-hybridized carbons (Fsp3) is 0.467. The Morgan fingerprint density at radius 2 is 1.95 bits per heavy atom. The summed E-state index contributed by atoms with van der Waals surface area (Å²) in [6.45, 7) is 1.86. The van der Waals surface area contributed by atoms with Gasteiger partial charge in [-0.3, -0.25) is 10.1 Å². The molecule has 1 fully saturated rings. The van der Waals surface area contributed by atoms with Crippen LogP contribution in [0.25, 0.3) is 0 Å². The van der Waals surface area contributed by atoms with Gasteiger partial charge in [0.05, 0.1) is 10.7 Å². The predicted octanol–water partition coefficient (Wildman–Crippen LogP) is 3.19. The Morgan fingerprint density at radius 1 is 1.29 bits per heavy atom. The van der Waals surface area contributed by atoms with Crippen LogP contribution >= 0.6 is 34.8 Å². The Balaban J connectivity index is 2.00. The Morgan fingerprint density at radius 3 is 2.52 bits per heavy atom. The third-order valence-electron chi connectivity index (χ3n) is 3.53. The predicted molar refractivity (Wildman–Crippen MR) is 95.8 cm³/mol. The zero-order chi connectivity index (χ0) is 15.2.